The lowest BCUT2D eigenvalue weighted by Gasteiger charge is -2.07. The highest BCUT2D eigenvalue weighted by Gasteiger charge is 2.16. The van der Waals surface area contributed by atoms with Gasteiger partial charge in [0.25, 0.3) is 0 Å². The van der Waals surface area contributed by atoms with Crippen LogP contribution in [0.25, 0.3) is 0 Å². The van der Waals surface area contributed by atoms with E-state index in [0.717, 1.165) is 5.69 Å². The molecule has 2 aromatic heterocycles. The molecule has 0 saturated heterocycles. The number of amides is 1. The summed E-state index contributed by atoms with van der Waals surface area (Å²) in [5.41, 5.74) is 1.14. The van der Waals surface area contributed by atoms with Gasteiger partial charge in [0, 0.05) is 0 Å². The van der Waals surface area contributed by atoms with Crippen LogP contribution in [0.4, 0.5) is 15.8 Å². The Labute approximate surface area is 179 Å². The van der Waals surface area contributed by atoms with Crippen LogP contribution in [0.1, 0.15) is 17.3 Å². The number of para-hydroxylation sites is 2. The Bertz CT molecular complexity index is 989. The van der Waals surface area contributed by atoms with Crippen molar-refractivity contribution < 1.29 is 19.1 Å². The van der Waals surface area contributed by atoms with Gasteiger partial charge in [-0.3, -0.25) is 4.79 Å². The van der Waals surface area contributed by atoms with Crippen LogP contribution in [0, 0.1) is 0 Å². The van der Waals surface area contributed by atoms with Crippen LogP contribution in [0.3, 0.4) is 0 Å². The Balaban J connectivity index is 1.54. The van der Waals surface area contributed by atoms with Gasteiger partial charge in [0.15, 0.2) is 4.34 Å². The maximum absolute atomic E-state index is 12.2. The maximum atomic E-state index is 12.2. The summed E-state index contributed by atoms with van der Waals surface area (Å²) in [4.78, 5) is 24.1. The first kappa shape index (κ1) is 21.1. The minimum absolute atomic E-state index is 0.142. The summed E-state index contributed by atoms with van der Waals surface area (Å²) in [6.07, 6.45) is 0. The van der Waals surface area contributed by atoms with E-state index in [1.54, 1.807) is 25.5 Å². The molecule has 0 aliphatic heterocycles. The van der Waals surface area contributed by atoms with Crippen molar-refractivity contribution in [1.29, 1.82) is 0 Å². The first-order valence-electron chi connectivity index (χ1n) is 8.51. The molecule has 0 fully saturated rings. The van der Waals surface area contributed by atoms with E-state index >= 15 is 0 Å². The Morgan fingerprint density at radius 3 is 2.83 bits per heavy atom. The van der Waals surface area contributed by atoms with Crippen molar-refractivity contribution in [2.24, 2.45) is 0 Å². The molecule has 1 amide bonds. The Hall–Kier alpha value is -2.63. The van der Waals surface area contributed by atoms with Gasteiger partial charge in [-0.1, -0.05) is 35.2 Å². The number of hydrogen-bond acceptors (Lipinski definition) is 10. The molecule has 0 bridgehead atoms. The normalized spacial score (nSPS) is 10.4. The minimum atomic E-state index is -0.451. The van der Waals surface area contributed by atoms with Crippen molar-refractivity contribution in [3.05, 3.63) is 41.3 Å². The second kappa shape index (κ2) is 10.2. The summed E-state index contributed by atoms with van der Waals surface area (Å²) in [5, 5.41) is 16.9. The van der Waals surface area contributed by atoms with Gasteiger partial charge < -0.3 is 20.1 Å². The number of nitrogens with one attached hydrogen (secondary N) is 2. The van der Waals surface area contributed by atoms with E-state index in [0.29, 0.717) is 25.8 Å². The molecule has 0 aliphatic rings. The fourth-order valence-electron chi connectivity index (χ4n) is 2.25. The maximum Gasteiger partial charge on any atom is 0.341 e. The second-order valence-corrected chi connectivity index (χ2v) is 8.54. The largest absolute Gasteiger partial charge is 0.495 e. The monoisotopic (exact) mass is 450 g/mol. The number of aromatic nitrogens is 2. The summed E-state index contributed by atoms with van der Waals surface area (Å²) < 4.78 is 10.9. The number of nitrogens with zero attached hydrogens (tertiary/aromatic N) is 2. The van der Waals surface area contributed by atoms with Crippen molar-refractivity contribution in [3.8, 4) is 5.75 Å². The van der Waals surface area contributed by atoms with Crippen molar-refractivity contribution >= 4 is 62.1 Å². The highest BCUT2D eigenvalue weighted by Crippen LogP contribution is 2.31. The Kier molecular flexibility index (Phi) is 7.44. The Morgan fingerprint density at radius 2 is 2.03 bits per heavy atom. The van der Waals surface area contributed by atoms with Crippen molar-refractivity contribution in [2.75, 3.05) is 30.1 Å². The molecule has 0 atom stereocenters. The molecule has 152 valence electrons. The third-order valence-electron chi connectivity index (χ3n) is 3.50. The first-order chi connectivity index (χ1) is 14.1. The standard InChI is InChI=1S/C18H18N4O4S3/c1-3-26-16(24)11-8-9-27-15(11)20-14(23)10-28-18-22-21-17(29-18)19-12-6-4-5-7-13(12)25-2/h4-9H,3,10H2,1-2H3,(H,19,21)(H,20,23). The lowest BCUT2D eigenvalue weighted by atomic mass is 10.3. The molecule has 3 rings (SSSR count). The van der Waals surface area contributed by atoms with Crippen LogP contribution < -0.4 is 15.4 Å². The van der Waals surface area contributed by atoms with Gasteiger partial charge in [-0.15, -0.1) is 21.5 Å². The summed E-state index contributed by atoms with van der Waals surface area (Å²) in [5.74, 6) is 0.152. The number of carbonyl (C=O) groups excluding carboxylic acids is 2. The van der Waals surface area contributed by atoms with Gasteiger partial charge in [-0.05, 0) is 30.5 Å². The predicted octanol–water partition coefficient (Wildman–Crippen LogP) is 4.26. The van der Waals surface area contributed by atoms with Crippen LogP contribution in [0.5, 0.6) is 5.75 Å². The fourth-order valence-corrected chi connectivity index (χ4v) is 4.60. The van der Waals surface area contributed by atoms with Crippen molar-refractivity contribution in [1.82, 2.24) is 10.2 Å². The van der Waals surface area contributed by atoms with Crippen LogP contribution in [-0.2, 0) is 9.53 Å². The smallest absolute Gasteiger partial charge is 0.341 e. The van der Waals surface area contributed by atoms with E-state index in [1.807, 2.05) is 24.3 Å². The zero-order valence-electron chi connectivity index (χ0n) is 15.6. The van der Waals surface area contributed by atoms with E-state index in [4.69, 9.17) is 9.47 Å². The predicted molar refractivity (Wildman–Crippen MR) is 116 cm³/mol. The fraction of sp³-hybridized carbons (Fsp3) is 0.222. The molecule has 0 aliphatic carbocycles. The minimum Gasteiger partial charge on any atom is -0.495 e. The number of carbonyl (C=O) groups is 2. The molecule has 8 nitrogen and oxygen atoms in total. The van der Waals surface area contributed by atoms with Crippen LogP contribution in [-0.4, -0.2) is 41.5 Å². The molecule has 2 heterocycles. The van der Waals surface area contributed by atoms with Gasteiger partial charge in [0.2, 0.25) is 11.0 Å². The van der Waals surface area contributed by atoms with Gasteiger partial charge in [0.05, 0.1) is 30.7 Å². The molecular formula is C18H18N4O4S3. The second-order valence-electron chi connectivity index (χ2n) is 5.42. The van der Waals surface area contributed by atoms with E-state index < -0.39 is 5.97 Å². The third-order valence-corrected chi connectivity index (χ3v) is 6.30. The average molecular weight is 451 g/mol. The van der Waals surface area contributed by atoms with Gasteiger partial charge in [-0.2, -0.15) is 0 Å². The van der Waals surface area contributed by atoms with E-state index in [2.05, 4.69) is 20.8 Å². The topological polar surface area (TPSA) is 102 Å². The quantitative estimate of drug-likeness (QED) is 0.368. The van der Waals surface area contributed by atoms with Gasteiger partial charge >= 0.3 is 5.97 Å². The molecule has 2 N–H and O–H groups in total. The Morgan fingerprint density at radius 1 is 1.21 bits per heavy atom. The molecule has 0 saturated carbocycles. The first-order valence-corrected chi connectivity index (χ1v) is 11.2. The summed E-state index contributed by atoms with van der Waals surface area (Å²) in [6, 6.07) is 9.12. The highest BCUT2D eigenvalue weighted by atomic mass is 32.2. The third kappa shape index (κ3) is 5.68. The lowest BCUT2D eigenvalue weighted by molar-refractivity contribution is -0.113. The molecule has 0 radical (unpaired) electrons. The number of esters is 1. The van der Waals surface area contributed by atoms with E-state index in [1.165, 1.54) is 34.4 Å². The molecule has 0 unspecified atom stereocenters. The van der Waals surface area contributed by atoms with Gasteiger partial charge in [0.1, 0.15) is 10.8 Å². The number of ether oxygens (including phenoxy) is 2. The van der Waals surface area contributed by atoms with Crippen molar-refractivity contribution in [3.63, 3.8) is 0 Å². The molecule has 0 spiro atoms. The zero-order chi connectivity index (χ0) is 20.6. The number of benzene rings is 1. The number of methoxy groups -OCH3 is 1. The summed E-state index contributed by atoms with van der Waals surface area (Å²) in [6.45, 7) is 2.01. The molecule has 11 heteroatoms. The number of hydrogen-bond donors (Lipinski definition) is 2. The van der Waals surface area contributed by atoms with E-state index in [9.17, 15) is 9.59 Å². The van der Waals surface area contributed by atoms with Crippen LogP contribution in [0.2, 0.25) is 0 Å². The number of thiophene rings is 1. The SMILES string of the molecule is CCOC(=O)c1ccsc1NC(=O)CSc1nnc(Nc2ccccc2OC)s1. The zero-order valence-corrected chi connectivity index (χ0v) is 18.1. The summed E-state index contributed by atoms with van der Waals surface area (Å²) >= 11 is 3.87. The highest BCUT2D eigenvalue weighted by molar-refractivity contribution is 8.01. The molecular weight excluding hydrogens is 432 g/mol. The van der Waals surface area contributed by atoms with Crippen LogP contribution in [0.15, 0.2) is 40.1 Å². The number of thioether (sulfide) groups is 1. The molecule has 29 heavy (non-hydrogen) atoms. The number of anilines is 3. The number of rotatable bonds is 9. The van der Waals surface area contributed by atoms with Crippen LogP contribution >= 0.6 is 34.4 Å². The lowest BCUT2D eigenvalue weighted by Crippen LogP contribution is -2.15. The van der Waals surface area contributed by atoms with Crippen molar-refractivity contribution in [2.45, 2.75) is 11.3 Å². The van der Waals surface area contributed by atoms with E-state index in [-0.39, 0.29) is 18.3 Å². The summed E-state index contributed by atoms with van der Waals surface area (Å²) in [7, 11) is 1.60. The molecule has 1 aromatic carbocycles. The average Bonchev–Trinajstić information content (AvgIpc) is 3.36. The molecule has 3 aromatic rings. The van der Waals surface area contributed by atoms with Gasteiger partial charge in [-0.25, -0.2) is 4.79 Å².